The lowest BCUT2D eigenvalue weighted by atomic mass is 10.1. The van der Waals surface area contributed by atoms with Gasteiger partial charge in [0.1, 0.15) is 12.1 Å². The fourth-order valence-electron chi connectivity index (χ4n) is 1.40. The zero-order chi connectivity index (χ0) is 15.7. The van der Waals surface area contributed by atoms with Gasteiger partial charge in [0, 0.05) is 30.8 Å². The molecular formula is C15H19N3O2S. The van der Waals surface area contributed by atoms with Crippen molar-refractivity contribution in [1.29, 1.82) is 0 Å². The number of nitrogens with zero attached hydrogens (tertiary/aromatic N) is 1. The van der Waals surface area contributed by atoms with Gasteiger partial charge in [-0.2, -0.15) is 0 Å². The van der Waals surface area contributed by atoms with Gasteiger partial charge in [0.25, 0.3) is 0 Å². The first-order chi connectivity index (χ1) is 10.1. The third-order valence-electron chi connectivity index (χ3n) is 2.62. The van der Waals surface area contributed by atoms with E-state index >= 15 is 0 Å². The van der Waals surface area contributed by atoms with E-state index in [1.807, 2.05) is 31.3 Å². The van der Waals surface area contributed by atoms with Gasteiger partial charge >= 0.3 is 0 Å². The van der Waals surface area contributed by atoms with Crippen LogP contribution in [0.4, 0.5) is 0 Å². The Balaban J connectivity index is 0.000000211. The van der Waals surface area contributed by atoms with Gasteiger partial charge < -0.3 is 15.4 Å². The lowest BCUT2D eigenvalue weighted by molar-refractivity contribution is -0.103. The number of aldehydes is 1. The standard InChI is InChI=1S/C9H8OS.C6H11N3O/c1-7(6-10)8-2-4-9(11)5-3-8;1-7-5-3-9-6(10-2)4-8-5/h2-6,11H,1H2;3-4,6-7,9H,1-2H3. The van der Waals surface area contributed by atoms with E-state index in [1.54, 1.807) is 19.5 Å². The molecule has 21 heavy (non-hydrogen) atoms. The molecule has 2 N–H and O–H groups in total. The number of allylic oxidation sites excluding steroid dienone is 1. The van der Waals surface area contributed by atoms with Crippen LogP contribution in [0, 0.1) is 0 Å². The Morgan fingerprint density at radius 3 is 2.57 bits per heavy atom. The zero-order valence-electron chi connectivity index (χ0n) is 12.0. The van der Waals surface area contributed by atoms with Crippen LogP contribution in [-0.4, -0.2) is 32.9 Å². The Morgan fingerprint density at radius 1 is 1.48 bits per heavy atom. The van der Waals surface area contributed by atoms with Crippen molar-refractivity contribution in [3.8, 4) is 0 Å². The molecular weight excluding hydrogens is 286 g/mol. The van der Waals surface area contributed by atoms with Crippen LogP contribution in [0.1, 0.15) is 5.56 Å². The fraction of sp³-hybridized carbons (Fsp3) is 0.200. The number of ether oxygens (including phenoxy) is 1. The van der Waals surface area contributed by atoms with E-state index in [4.69, 9.17) is 4.74 Å². The summed E-state index contributed by atoms with van der Waals surface area (Å²) >= 11 is 4.11. The molecule has 1 aromatic rings. The van der Waals surface area contributed by atoms with E-state index in [-0.39, 0.29) is 6.23 Å². The normalized spacial score (nSPS) is 16.0. The van der Waals surface area contributed by atoms with E-state index < -0.39 is 0 Å². The SMILES string of the molecule is C=C(C=O)c1ccc(S)cc1.CNC1=CNC(OC)C=N1. The molecule has 0 saturated heterocycles. The molecule has 112 valence electrons. The smallest absolute Gasteiger partial charge is 0.163 e. The average Bonchev–Trinajstić information content (AvgIpc) is 2.55. The molecule has 1 aliphatic rings. The molecule has 2 rings (SSSR count). The van der Waals surface area contributed by atoms with Crippen molar-refractivity contribution in [1.82, 2.24) is 10.6 Å². The largest absolute Gasteiger partial charge is 0.372 e. The van der Waals surface area contributed by atoms with E-state index in [0.29, 0.717) is 5.57 Å². The summed E-state index contributed by atoms with van der Waals surface area (Å²) in [7, 11) is 3.44. The predicted octanol–water partition coefficient (Wildman–Crippen LogP) is 1.84. The first-order valence-electron chi connectivity index (χ1n) is 6.25. The molecule has 0 amide bonds. The number of hydrogen-bond acceptors (Lipinski definition) is 6. The average molecular weight is 305 g/mol. The lowest BCUT2D eigenvalue weighted by Gasteiger charge is -2.15. The van der Waals surface area contributed by atoms with Crippen LogP contribution in [0.25, 0.3) is 5.57 Å². The summed E-state index contributed by atoms with van der Waals surface area (Å²) in [5.74, 6) is 0.813. The molecule has 1 heterocycles. The van der Waals surface area contributed by atoms with Crippen LogP contribution >= 0.6 is 12.6 Å². The molecule has 0 bridgehead atoms. The van der Waals surface area contributed by atoms with Crippen LogP contribution in [0.3, 0.4) is 0 Å². The van der Waals surface area contributed by atoms with Gasteiger partial charge in [-0.25, -0.2) is 4.99 Å². The highest BCUT2D eigenvalue weighted by molar-refractivity contribution is 7.80. The highest BCUT2D eigenvalue weighted by Gasteiger charge is 2.04. The van der Waals surface area contributed by atoms with E-state index in [2.05, 4.69) is 34.8 Å². The predicted molar refractivity (Wildman–Crippen MR) is 88.4 cm³/mol. The zero-order valence-corrected chi connectivity index (χ0v) is 12.9. The second-order valence-corrected chi connectivity index (χ2v) is 4.59. The van der Waals surface area contributed by atoms with Crippen LogP contribution < -0.4 is 10.6 Å². The number of methoxy groups -OCH3 is 1. The van der Waals surface area contributed by atoms with Crippen molar-refractivity contribution in [3.05, 3.63) is 48.4 Å². The highest BCUT2D eigenvalue weighted by atomic mass is 32.1. The molecule has 0 aliphatic carbocycles. The molecule has 0 radical (unpaired) electrons. The Hall–Kier alpha value is -2.05. The molecule has 5 nitrogen and oxygen atoms in total. The number of carbonyl (C=O) groups is 1. The van der Waals surface area contributed by atoms with Gasteiger partial charge in [-0.3, -0.25) is 4.79 Å². The summed E-state index contributed by atoms with van der Waals surface area (Å²) in [6.07, 6.45) is 4.13. The van der Waals surface area contributed by atoms with Crippen molar-refractivity contribution in [2.24, 2.45) is 4.99 Å². The molecule has 0 aromatic heterocycles. The van der Waals surface area contributed by atoms with Crippen LogP contribution in [-0.2, 0) is 9.53 Å². The molecule has 1 atom stereocenters. The number of thiol groups is 1. The van der Waals surface area contributed by atoms with Gasteiger partial charge in [-0.15, -0.1) is 12.6 Å². The van der Waals surface area contributed by atoms with E-state index in [1.165, 1.54) is 0 Å². The molecule has 0 fully saturated rings. The quantitative estimate of drug-likeness (QED) is 0.451. The Labute approximate surface area is 130 Å². The minimum absolute atomic E-state index is 0.0860. The van der Waals surface area contributed by atoms with E-state index in [0.717, 1.165) is 22.6 Å². The fourth-order valence-corrected chi connectivity index (χ4v) is 1.55. The lowest BCUT2D eigenvalue weighted by Crippen LogP contribution is -2.32. The number of carbonyl (C=O) groups excluding carboxylic acids is 1. The monoisotopic (exact) mass is 305 g/mol. The Kier molecular flexibility index (Phi) is 7.28. The van der Waals surface area contributed by atoms with Gasteiger partial charge in [-0.1, -0.05) is 18.7 Å². The number of benzene rings is 1. The van der Waals surface area contributed by atoms with Crippen molar-refractivity contribution in [2.75, 3.05) is 14.2 Å². The minimum Gasteiger partial charge on any atom is -0.372 e. The van der Waals surface area contributed by atoms with Gasteiger partial charge in [0.2, 0.25) is 0 Å². The molecule has 6 heteroatoms. The Morgan fingerprint density at radius 2 is 2.14 bits per heavy atom. The molecule has 1 unspecified atom stereocenters. The first-order valence-corrected chi connectivity index (χ1v) is 6.70. The topological polar surface area (TPSA) is 62.7 Å². The molecule has 1 aromatic carbocycles. The van der Waals surface area contributed by atoms with Gasteiger partial charge in [0.05, 0.1) is 6.21 Å². The molecule has 0 spiro atoms. The molecule has 1 aliphatic heterocycles. The van der Waals surface area contributed by atoms with Crippen LogP contribution in [0.15, 0.2) is 52.8 Å². The summed E-state index contributed by atoms with van der Waals surface area (Å²) in [5, 5.41) is 5.87. The van der Waals surface area contributed by atoms with Crippen molar-refractivity contribution in [2.45, 2.75) is 11.1 Å². The Bertz CT molecular complexity index is 538. The maximum atomic E-state index is 10.3. The summed E-state index contributed by atoms with van der Waals surface area (Å²) < 4.78 is 4.95. The number of rotatable bonds is 4. The van der Waals surface area contributed by atoms with Crippen molar-refractivity contribution < 1.29 is 9.53 Å². The summed E-state index contributed by atoms with van der Waals surface area (Å²) in [6.45, 7) is 3.58. The third-order valence-corrected chi connectivity index (χ3v) is 2.92. The number of hydrogen-bond donors (Lipinski definition) is 3. The van der Waals surface area contributed by atoms with Crippen LogP contribution in [0.2, 0.25) is 0 Å². The highest BCUT2D eigenvalue weighted by Crippen LogP contribution is 2.12. The van der Waals surface area contributed by atoms with E-state index in [9.17, 15) is 4.79 Å². The maximum absolute atomic E-state index is 10.3. The van der Waals surface area contributed by atoms with Gasteiger partial charge in [-0.05, 0) is 17.7 Å². The maximum Gasteiger partial charge on any atom is 0.163 e. The summed E-state index contributed by atoms with van der Waals surface area (Å²) in [4.78, 5) is 15.2. The molecule has 0 saturated carbocycles. The minimum atomic E-state index is -0.0860. The number of aliphatic imine (C=N–C) groups is 1. The van der Waals surface area contributed by atoms with Gasteiger partial charge in [0.15, 0.2) is 6.23 Å². The second kappa shape index (κ2) is 8.99. The van der Waals surface area contributed by atoms with Crippen molar-refractivity contribution >= 4 is 30.7 Å². The first kappa shape index (κ1) is 17.0. The second-order valence-electron chi connectivity index (χ2n) is 4.07. The third kappa shape index (κ3) is 5.85. The summed E-state index contributed by atoms with van der Waals surface area (Å²) in [5.41, 5.74) is 1.34. The number of nitrogens with one attached hydrogen (secondary N) is 2. The van der Waals surface area contributed by atoms with Crippen LogP contribution in [0.5, 0.6) is 0 Å². The van der Waals surface area contributed by atoms with Crippen molar-refractivity contribution in [3.63, 3.8) is 0 Å². The summed E-state index contributed by atoms with van der Waals surface area (Å²) in [6, 6.07) is 7.29.